The Bertz CT molecular complexity index is 1190. The summed E-state index contributed by atoms with van der Waals surface area (Å²) in [5.41, 5.74) is 7.95. The summed E-state index contributed by atoms with van der Waals surface area (Å²) in [7, 11) is 0. The first-order chi connectivity index (χ1) is 21.0. The van der Waals surface area contributed by atoms with Crippen LogP contribution in [0.5, 0.6) is 0 Å². The van der Waals surface area contributed by atoms with E-state index < -0.39 is 0 Å². The van der Waals surface area contributed by atoms with Crippen molar-refractivity contribution in [2.75, 3.05) is 0 Å². The summed E-state index contributed by atoms with van der Waals surface area (Å²) in [6.45, 7) is 12.6. The Morgan fingerprint density at radius 1 is 0.860 bits per heavy atom. The van der Waals surface area contributed by atoms with E-state index >= 15 is 0 Å². The molecular formula is C40H56O3. The van der Waals surface area contributed by atoms with Gasteiger partial charge in [0.05, 0.1) is 0 Å². The maximum atomic E-state index is 12.9. The van der Waals surface area contributed by atoms with Crippen molar-refractivity contribution in [2.24, 2.45) is 5.92 Å². The number of Topliss-reactive ketones (excluding diaryl/α,β-unsaturated/α-hetero) is 1. The van der Waals surface area contributed by atoms with Gasteiger partial charge in [-0.15, -0.1) is 0 Å². The largest absolute Gasteiger partial charge is 0.307 e. The minimum absolute atomic E-state index is 0.181. The molecule has 3 heteroatoms. The summed E-state index contributed by atoms with van der Waals surface area (Å²) in [4.78, 5) is 32.2. The molecule has 43 heavy (non-hydrogen) atoms. The molecule has 0 spiro atoms. The van der Waals surface area contributed by atoms with Gasteiger partial charge in [0.15, 0.2) is 5.78 Å². The van der Waals surface area contributed by atoms with Crippen LogP contribution in [0.4, 0.5) is 0 Å². The number of hydrogen-bond acceptors (Lipinski definition) is 3. The molecule has 2 saturated carbocycles. The molecule has 0 heterocycles. The molecule has 0 bridgehead atoms. The first kappa shape index (κ1) is 36.1. The molecule has 2 fully saturated rings. The van der Waals surface area contributed by atoms with E-state index in [2.05, 4.69) is 51.1 Å². The predicted molar refractivity (Wildman–Crippen MR) is 182 cm³/mol. The van der Waals surface area contributed by atoms with Crippen LogP contribution in [0.2, 0.25) is 0 Å². The molecule has 234 valence electrons. The topological polar surface area (TPSA) is 51.2 Å². The van der Waals surface area contributed by atoms with Crippen LogP contribution in [-0.2, 0) is 16.0 Å². The first-order valence-electron chi connectivity index (χ1n) is 16.8. The van der Waals surface area contributed by atoms with E-state index in [1.165, 1.54) is 80.1 Å². The van der Waals surface area contributed by atoms with E-state index in [9.17, 15) is 9.59 Å². The number of allylic oxidation sites excluding steroid dienone is 4. The fourth-order valence-corrected chi connectivity index (χ4v) is 6.94. The van der Waals surface area contributed by atoms with E-state index in [0.29, 0.717) is 23.8 Å². The molecule has 0 radical (unpaired) electrons. The lowest BCUT2D eigenvalue weighted by Gasteiger charge is -2.31. The van der Waals surface area contributed by atoms with Crippen molar-refractivity contribution < 1.29 is 14.4 Å². The fourth-order valence-electron chi connectivity index (χ4n) is 6.94. The van der Waals surface area contributed by atoms with Gasteiger partial charge >= 0.3 is 0 Å². The fraction of sp³-hybridized carbons (Fsp3) is 0.525. The molecule has 3 aliphatic carbocycles. The van der Waals surface area contributed by atoms with Crippen molar-refractivity contribution in [1.29, 1.82) is 0 Å². The standard InChI is InChI=1S/C28H30O2.C9H18.C2H6.CH2O/c1-19-7-9-24(15-19)28(30)17-25-16-21(18-29)8-14-27(25)23-12-10-22(11-13-23)26-6-4-3-5-20(26)2;1-2-3-6-9-7-4-5-8-9;2*1-2/h3-9,14,16,18,22-23H,10-13,15,17H2,1-2H3;9H,2-8H2,1H3;1-2H3;1H2. The highest BCUT2D eigenvalue weighted by molar-refractivity contribution is 5.98. The number of ketones is 1. The molecule has 0 aliphatic heterocycles. The summed E-state index contributed by atoms with van der Waals surface area (Å²) >= 11 is 0. The van der Waals surface area contributed by atoms with E-state index in [4.69, 9.17) is 4.79 Å². The maximum Gasteiger partial charge on any atom is 0.163 e. The van der Waals surface area contributed by atoms with Crippen LogP contribution in [0, 0.1) is 12.8 Å². The summed E-state index contributed by atoms with van der Waals surface area (Å²) < 4.78 is 0. The summed E-state index contributed by atoms with van der Waals surface area (Å²) in [6, 6.07) is 14.7. The lowest BCUT2D eigenvalue weighted by Crippen LogP contribution is -2.16. The molecule has 0 aromatic heterocycles. The molecule has 0 amide bonds. The van der Waals surface area contributed by atoms with Crippen LogP contribution in [0.25, 0.3) is 0 Å². The van der Waals surface area contributed by atoms with Crippen molar-refractivity contribution in [3.8, 4) is 0 Å². The second-order valence-electron chi connectivity index (χ2n) is 12.3. The minimum atomic E-state index is 0.181. The van der Waals surface area contributed by atoms with Crippen LogP contribution < -0.4 is 0 Å². The zero-order chi connectivity index (χ0) is 31.6. The smallest absolute Gasteiger partial charge is 0.163 e. The molecule has 5 rings (SSSR count). The number of aldehydes is 1. The van der Waals surface area contributed by atoms with Gasteiger partial charge in [-0.25, -0.2) is 0 Å². The van der Waals surface area contributed by atoms with Gasteiger partial charge in [-0.05, 0) is 97.6 Å². The van der Waals surface area contributed by atoms with Gasteiger partial charge in [-0.1, -0.05) is 120 Å². The average molecular weight is 585 g/mol. The van der Waals surface area contributed by atoms with Crippen molar-refractivity contribution in [3.05, 3.63) is 93.6 Å². The monoisotopic (exact) mass is 584 g/mol. The highest BCUT2D eigenvalue weighted by Gasteiger charge is 2.26. The van der Waals surface area contributed by atoms with Gasteiger partial charge in [0.1, 0.15) is 13.1 Å². The maximum absolute atomic E-state index is 12.9. The average Bonchev–Trinajstić information content (AvgIpc) is 3.75. The van der Waals surface area contributed by atoms with Gasteiger partial charge in [0.25, 0.3) is 0 Å². The highest BCUT2D eigenvalue weighted by Crippen LogP contribution is 2.42. The van der Waals surface area contributed by atoms with E-state index in [1.54, 1.807) is 0 Å². The van der Waals surface area contributed by atoms with Crippen LogP contribution in [0.3, 0.4) is 0 Å². The predicted octanol–water partition coefficient (Wildman–Crippen LogP) is 10.8. The lowest BCUT2D eigenvalue weighted by atomic mass is 9.74. The normalized spacial score (nSPS) is 19.4. The molecule has 3 aliphatic rings. The number of unbranched alkanes of at least 4 members (excludes halogenated alkanes) is 1. The van der Waals surface area contributed by atoms with Crippen LogP contribution in [0.1, 0.15) is 149 Å². The molecule has 0 atom stereocenters. The van der Waals surface area contributed by atoms with Gasteiger partial charge in [-0.3, -0.25) is 9.59 Å². The summed E-state index contributed by atoms with van der Waals surface area (Å²) in [6.07, 6.45) is 21.0. The van der Waals surface area contributed by atoms with E-state index in [0.717, 1.165) is 42.6 Å². The van der Waals surface area contributed by atoms with Crippen molar-refractivity contribution in [1.82, 2.24) is 0 Å². The molecule has 2 aromatic carbocycles. The van der Waals surface area contributed by atoms with Crippen LogP contribution in [-0.4, -0.2) is 18.9 Å². The lowest BCUT2D eigenvalue weighted by molar-refractivity contribution is -0.115. The van der Waals surface area contributed by atoms with Crippen molar-refractivity contribution >= 4 is 18.9 Å². The number of benzene rings is 2. The molecule has 0 N–H and O–H groups in total. The Hall–Kier alpha value is -3.07. The Morgan fingerprint density at radius 3 is 2.05 bits per heavy atom. The molecule has 0 saturated heterocycles. The quantitative estimate of drug-likeness (QED) is 0.275. The minimum Gasteiger partial charge on any atom is -0.307 e. The zero-order valence-corrected chi connectivity index (χ0v) is 27.6. The van der Waals surface area contributed by atoms with Gasteiger partial charge in [0, 0.05) is 12.0 Å². The number of carbonyl (C=O) groups is 3. The Morgan fingerprint density at radius 2 is 1.49 bits per heavy atom. The van der Waals surface area contributed by atoms with Gasteiger partial charge < -0.3 is 4.79 Å². The van der Waals surface area contributed by atoms with E-state index in [1.807, 2.05) is 44.9 Å². The summed E-state index contributed by atoms with van der Waals surface area (Å²) in [5, 5.41) is 0. The number of carbonyl (C=O) groups excluding carboxylic acids is 3. The van der Waals surface area contributed by atoms with Crippen molar-refractivity contribution in [3.63, 3.8) is 0 Å². The zero-order valence-electron chi connectivity index (χ0n) is 27.6. The molecule has 0 unspecified atom stereocenters. The highest BCUT2D eigenvalue weighted by atomic mass is 16.1. The third kappa shape index (κ3) is 11.2. The molecule has 2 aromatic rings. The Kier molecular flexibility index (Phi) is 16.8. The number of hydrogen-bond donors (Lipinski definition) is 0. The first-order valence-corrected chi connectivity index (χ1v) is 16.8. The summed E-state index contributed by atoms with van der Waals surface area (Å²) in [5.74, 6) is 2.39. The SMILES string of the molecule is C=O.CC.CC1=CC=C(C(=O)Cc2cc(C=O)ccc2C2CCC(c3ccccc3C)CC2)C1.CCCCC1CCCC1. The second kappa shape index (κ2) is 20.0. The van der Waals surface area contributed by atoms with Crippen LogP contribution in [0.15, 0.2) is 65.8 Å². The third-order valence-corrected chi connectivity index (χ3v) is 9.29. The third-order valence-electron chi connectivity index (χ3n) is 9.29. The number of aryl methyl sites for hydroxylation is 1. The van der Waals surface area contributed by atoms with Crippen LogP contribution >= 0.6 is 0 Å². The molecular weight excluding hydrogens is 528 g/mol. The van der Waals surface area contributed by atoms with Crippen molar-refractivity contribution in [2.45, 2.75) is 130 Å². The Balaban J connectivity index is 0.000000418. The van der Waals surface area contributed by atoms with Gasteiger partial charge in [-0.2, -0.15) is 0 Å². The molecule has 3 nitrogen and oxygen atoms in total. The van der Waals surface area contributed by atoms with E-state index in [-0.39, 0.29) is 5.78 Å². The number of rotatable bonds is 9. The Labute approximate surface area is 262 Å². The van der Waals surface area contributed by atoms with Gasteiger partial charge in [0.2, 0.25) is 0 Å². The second-order valence-corrected chi connectivity index (χ2v) is 12.3.